The Balaban J connectivity index is 1.52. The van der Waals surface area contributed by atoms with Gasteiger partial charge in [-0.15, -0.1) is 0 Å². The Morgan fingerprint density at radius 3 is 2.42 bits per heavy atom. The molecule has 1 atom stereocenters. The lowest BCUT2D eigenvalue weighted by Crippen LogP contribution is -2.39. The first kappa shape index (κ1) is 21.8. The highest BCUT2D eigenvalue weighted by atomic mass is 35.5. The van der Waals surface area contributed by atoms with Crippen molar-refractivity contribution in [2.75, 3.05) is 13.1 Å². The molecule has 0 aliphatic carbocycles. The predicted molar refractivity (Wildman–Crippen MR) is 125 cm³/mol. The van der Waals surface area contributed by atoms with E-state index in [0.29, 0.717) is 45.8 Å². The first-order chi connectivity index (χ1) is 14.9. The van der Waals surface area contributed by atoms with Gasteiger partial charge in [-0.1, -0.05) is 83.3 Å². The summed E-state index contributed by atoms with van der Waals surface area (Å²) >= 11 is 18.9. The van der Waals surface area contributed by atoms with E-state index in [2.05, 4.69) is 0 Å². The minimum atomic E-state index is -0.959. The van der Waals surface area contributed by atoms with Crippen molar-refractivity contribution in [2.45, 2.75) is 18.9 Å². The lowest BCUT2D eigenvalue weighted by atomic mass is 10.0. The summed E-state index contributed by atoms with van der Waals surface area (Å²) in [6.45, 7) is 0.676. The molecule has 0 radical (unpaired) electrons. The van der Waals surface area contributed by atoms with Crippen LogP contribution in [0.5, 0.6) is 5.75 Å². The van der Waals surface area contributed by atoms with Gasteiger partial charge >= 0.3 is 6.09 Å². The average Bonchev–Trinajstić information content (AvgIpc) is 3.14. The molecule has 0 fully saturated rings. The van der Waals surface area contributed by atoms with Crippen LogP contribution in [0.25, 0.3) is 11.1 Å². The summed E-state index contributed by atoms with van der Waals surface area (Å²) in [7, 11) is 0. The zero-order chi connectivity index (χ0) is 22.0. The van der Waals surface area contributed by atoms with Gasteiger partial charge in [0.15, 0.2) is 0 Å². The normalized spacial score (nSPS) is 14.7. The molecule has 4 nitrogen and oxygen atoms in total. The highest BCUT2D eigenvalue weighted by Crippen LogP contribution is 2.45. The predicted octanol–water partition coefficient (Wildman–Crippen LogP) is 6.84. The molecule has 1 N–H and O–H groups in total. The van der Waals surface area contributed by atoms with E-state index in [1.165, 1.54) is 4.90 Å². The van der Waals surface area contributed by atoms with Crippen LogP contribution in [0.15, 0.2) is 60.7 Å². The Morgan fingerprint density at radius 1 is 1.03 bits per heavy atom. The number of fused-ring (bicyclic) bond motifs is 1. The van der Waals surface area contributed by atoms with Crippen molar-refractivity contribution >= 4 is 40.9 Å². The maximum absolute atomic E-state index is 11.8. The van der Waals surface area contributed by atoms with E-state index >= 15 is 0 Å². The van der Waals surface area contributed by atoms with Crippen molar-refractivity contribution in [3.05, 3.63) is 86.9 Å². The zero-order valence-corrected chi connectivity index (χ0v) is 18.8. The number of halogens is 3. The number of rotatable bonds is 6. The van der Waals surface area contributed by atoms with Crippen LogP contribution >= 0.6 is 34.8 Å². The second-order valence-corrected chi connectivity index (χ2v) is 8.70. The summed E-state index contributed by atoms with van der Waals surface area (Å²) in [6, 6.07) is 18.9. The molecule has 0 aromatic heterocycles. The highest BCUT2D eigenvalue weighted by Gasteiger charge is 2.30. The fourth-order valence-corrected chi connectivity index (χ4v) is 4.88. The summed E-state index contributed by atoms with van der Waals surface area (Å²) in [4.78, 5) is 13.2. The summed E-state index contributed by atoms with van der Waals surface area (Å²) in [6.07, 6.45) is 0.0159. The number of nitrogens with zero attached hydrogens (tertiary/aromatic N) is 1. The Hall–Kier alpha value is -2.40. The third kappa shape index (κ3) is 4.93. The van der Waals surface area contributed by atoms with Crippen molar-refractivity contribution in [2.24, 2.45) is 0 Å². The highest BCUT2D eigenvalue weighted by molar-refractivity contribution is 6.42. The van der Waals surface area contributed by atoms with Crippen LogP contribution in [-0.4, -0.2) is 35.3 Å². The number of ether oxygens (including phenoxy) is 1. The summed E-state index contributed by atoms with van der Waals surface area (Å²) in [5, 5.41) is 11.0. The fraction of sp³-hybridized carbons (Fsp3) is 0.208. The Labute approximate surface area is 195 Å². The molecule has 1 unspecified atom stereocenters. The lowest BCUT2D eigenvalue weighted by molar-refractivity contribution is 0.117. The third-order valence-corrected chi connectivity index (χ3v) is 6.13. The second-order valence-electron chi connectivity index (χ2n) is 7.45. The molecule has 0 saturated carbocycles. The van der Waals surface area contributed by atoms with Crippen LogP contribution in [0, 0.1) is 0 Å². The van der Waals surface area contributed by atoms with Crippen molar-refractivity contribution in [1.82, 2.24) is 4.90 Å². The van der Waals surface area contributed by atoms with Crippen LogP contribution in [0.3, 0.4) is 0 Å². The van der Waals surface area contributed by atoms with Crippen LogP contribution in [0.2, 0.25) is 15.1 Å². The van der Waals surface area contributed by atoms with E-state index in [4.69, 9.17) is 39.5 Å². The Kier molecular flexibility index (Phi) is 6.61. The molecule has 31 heavy (non-hydrogen) atoms. The number of hydrogen-bond acceptors (Lipinski definition) is 2. The smallest absolute Gasteiger partial charge is 0.407 e. The van der Waals surface area contributed by atoms with Gasteiger partial charge in [0.1, 0.15) is 11.9 Å². The van der Waals surface area contributed by atoms with E-state index in [9.17, 15) is 9.90 Å². The Morgan fingerprint density at radius 2 is 1.74 bits per heavy atom. The van der Waals surface area contributed by atoms with Crippen molar-refractivity contribution in [3.63, 3.8) is 0 Å². The quantitative estimate of drug-likeness (QED) is 0.424. The van der Waals surface area contributed by atoms with Gasteiger partial charge < -0.3 is 14.7 Å². The summed E-state index contributed by atoms with van der Waals surface area (Å²) in [5.41, 5.74) is 3.53. The molecule has 4 rings (SSSR count). The van der Waals surface area contributed by atoms with Crippen LogP contribution < -0.4 is 4.74 Å². The van der Waals surface area contributed by atoms with Crippen LogP contribution in [-0.2, 0) is 12.8 Å². The molecule has 7 heteroatoms. The molecular weight excluding hydrogens is 457 g/mol. The van der Waals surface area contributed by atoms with Crippen LogP contribution in [0.1, 0.15) is 11.1 Å². The molecule has 1 amide bonds. The topological polar surface area (TPSA) is 49.8 Å². The van der Waals surface area contributed by atoms with E-state index < -0.39 is 6.09 Å². The average molecular weight is 477 g/mol. The van der Waals surface area contributed by atoms with Crippen molar-refractivity contribution in [1.29, 1.82) is 0 Å². The van der Waals surface area contributed by atoms with Gasteiger partial charge in [0.25, 0.3) is 0 Å². The SMILES string of the molecule is O=C(O)N(CCc1ccccc1)CC1Cc2cccc(-c3c(Cl)cc(Cl)cc3Cl)c2O1. The van der Waals surface area contributed by atoms with E-state index in [1.54, 1.807) is 12.1 Å². The second kappa shape index (κ2) is 9.39. The van der Waals surface area contributed by atoms with E-state index in [-0.39, 0.29) is 12.6 Å². The summed E-state index contributed by atoms with van der Waals surface area (Å²) in [5.74, 6) is 0.687. The monoisotopic (exact) mass is 475 g/mol. The van der Waals surface area contributed by atoms with E-state index in [0.717, 1.165) is 16.7 Å². The van der Waals surface area contributed by atoms with Gasteiger partial charge in [0.2, 0.25) is 0 Å². The standard InChI is InChI=1S/C24H20Cl3NO3/c25-17-12-20(26)22(21(27)13-17)19-8-4-7-16-11-18(31-23(16)19)14-28(24(29)30)10-9-15-5-2-1-3-6-15/h1-8,12-13,18H,9-11,14H2,(H,29,30). The van der Waals surface area contributed by atoms with Gasteiger partial charge in [-0.3, -0.25) is 0 Å². The number of carboxylic acid groups (broad SMARTS) is 1. The molecule has 0 saturated heterocycles. The van der Waals surface area contributed by atoms with E-state index in [1.807, 2.05) is 48.5 Å². The van der Waals surface area contributed by atoms with Crippen molar-refractivity contribution in [3.8, 4) is 16.9 Å². The maximum Gasteiger partial charge on any atom is 0.407 e. The van der Waals surface area contributed by atoms with Gasteiger partial charge in [0.05, 0.1) is 16.6 Å². The molecule has 1 aliphatic heterocycles. The number of hydrogen-bond donors (Lipinski definition) is 1. The largest absolute Gasteiger partial charge is 0.487 e. The first-order valence-corrected chi connectivity index (χ1v) is 11.0. The molecule has 0 spiro atoms. The Bertz CT molecular complexity index is 1080. The zero-order valence-electron chi connectivity index (χ0n) is 16.5. The first-order valence-electron chi connectivity index (χ1n) is 9.87. The van der Waals surface area contributed by atoms with Gasteiger partial charge in [0, 0.05) is 29.1 Å². The molecule has 0 bridgehead atoms. The number of amides is 1. The summed E-state index contributed by atoms with van der Waals surface area (Å²) < 4.78 is 6.21. The molecule has 1 heterocycles. The molecule has 3 aromatic rings. The number of para-hydroxylation sites is 1. The molecule has 160 valence electrons. The lowest BCUT2D eigenvalue weighted by Gasteiger charge is -2.23. The number of benzene rings is 3. The van der Waals surface area contributed by atoms with Gasteiger partial charge in [-0.2, -0.15) is 0 Å². The number of carbonyl (C=O) groups is 1. The third-order valence-electron chi connectivity index (χ3n) is 5.31. The minimum Gasteiger partial charge on any atom is -0.487 e. The molecule has 3 aromatic carbocycles. The van der Waals surface area contributed by atoms with Gasteiger partial charge in [-0.25, -0.2) is 4.79 Å². The minimum absolute atomic E-state index is 0.276. The molecular formula is C24H20Cl3NO3. The maximum atomic E-state index is 11.8. The van der Waals surface area contributed by atoms with Gasteiger partial charge in [-0.05, 0) is 29.7 Å². The molecule has 1 aliphatic rings. The fourth-order valence-electron chi connectivity index (χ4n) is 3.86. The van der Waals surface area contributed by atoms with Crippen molar-refractivity contribution < 1.29 is 14.6 Å². The van der Waals surface area contributed by atoms with Crippen LogP contribution in [0.4, 0.5) is 4.79 Å².